The van der Waals surface area contributed by atoms with E-state index >= 15 is 0 Å². The van der Waals surface area contributed by atoms with Crippen molar-refractivity contribution in [3.05, 3.63) is 17.5 Å². The molecule has 7 heteroatoms. The number of carbonyl (C=O) groups excluding carboxylic acids is 1. The molecule has 0 spiro atoms. The van der Waals surface area contributed by atoms with Gasteiger partial charge in [0.05, 0.1) is 12.6 Å². The Morgan fingerprint density at radius 1 is 1.53 bits per heavy atom. The largest absolute Gasteiger partial charge is 0.481 e. The van der Waals surface area contributed by atoms with E-state index in [0.29, 0.717) is 13.1 Å². The number of amides is 2. The van der Waals surface area contributed by atoms with Crippen LogP contribution in [0.4, 0.5) is 4.79 Å². The molecule has 2 amide bonds. The van der Waals surface area contributed by atoms with Crippen LogP contribution >= 0.6 is 0 Å². The molecular formula is C12H20N4O3. The van der Waals surface area contributed by atoms with Crippen LogP contribution in [0, 0.1) is 6.92 Å². The van der Waals surface area contributed by atoms with Crippen LogP contribution in [0.15, 0.2) is 6.20 Å². The molecule has 2 N–H and O–H groups in total. The van der Waals surface area contributed by atoms with Gasteiger partial charge < -0.3 is 15.3 Å². The molecule has 0 aliphatic carbocycles. The number of aromatic nitrogens is 2. The molecule has 7 nitrogen and oxygen atoms in total. The van der Waals surface area contributed by atoms with Crippen LogP contribution in [0.5, 0.6) is 0 Å². The zero-order chi connectivity index (χ0) is 14.4. The molecule has 0 atom stereocenters. The molecule has 19 heavy (non-hydrogen) atoms. The van der Waals surface area contributed by atoms with Gasteiger partial charge in [-0.15, -0.1) is 0 Å². The van der Waals surface area contributed by atoms with Gasteiger partial charge in [0.15, 0.2) is 0 Å². The number of hydrogen-bond acceptors (Lipinski definition) is 3. The van der Waals surface area contributed by atoms with Crippen molar-refractivity contribution in [1.82, 2.24) is 20.0 Å². The van der Waals surface area contributed by atoms with Gasteiger partial charge in [-0.3, -0.25) is 9.48 Å². The quantitative estimate of drug-likeness (QED) is 0.796. The first-order valence-corrected chi connectivity index (χ1v) is 6.17. The smallest absolute Gasteiger partial charge is 0.317 e. The second kappa shape index (κ2) is 6.77. The molecule has 0 aliphatic rings. The lowest BCUT2D eigenvalue weighted by Gasteiger charge is -2.20. The number of carboxylic acid groups (broad SMARTS) is 1. The third-order valence-corrected chi connectivity index (χ3v) is 3.03. The molecule has 0 unspecified atom stereocenters. The third kappa shape index (κ3) is 4.27. The number of aryl methyl sites for hydroxylation is 1. The van der Waals surface area contributed by atoms with Crippen molar-refractivity contribution in [3.63, 3.8) is 0 Å². The highest BCUT2D eigenvalue weighted by molar-refractivity contribution is 5.75. The summed E-state index contributed by atoms with van der Waals surface area (Å²) in [6, 6.07) is -0.257. The van der Waals surface area contributed by atoms with Crippen LogP contribution in [0.1, 0.15) is 24.6 Å². The van der Waals surface area contributed by atoms with E-state index < -0.39 is 5.97 Å². The third-order valence-electron chi connectivity index (χ3n) is 3.03. The fourth-order valence-electron chi connectivity index (χ4n) is 1.63. The minimum atomic E-state index is -0.908. The van der Waals surface area contributed by atoms with Crippen LogP contribution in [-0.4, -0.2) is 44.9 Å². The van der Waals surface area contributed by atoms with Gasteiger partial charge in [0.1, 0.15) is 0 Å². The number of carboxylic acids is 1. The minimum absolute atomic E-state index is 0.0484. The molecule has 0 saturated heterocycles. The van der Waals surface area contributed by atoms with E-state index in [-0.39, 0.29) is 19.0 Å². The van der Waals surface area contributed by atoms with E-state index in [1.807, 2.05) is 20.9 Å². The van der Waals surface area contributed by atoms with Gasteiger partial charge in [-0.1, -0.05) is 0 Å². The number of nitrogens with zero attached hydrogens (tertiary/aromatic N) is 3. The van der Waals surface area contributed by atoms with Crippen molar-refractivity contribution in [2.75, 3.05) is 13.1 Å². The second-order valence-corrected chi connectivity index (χ2v) is 4.26. The molecule has 0 radical (unpaired) electrons. The molecule has 0 aromatic carbocycles. The molecular weight excluding hydrogens is 248 g/mol. The summed E-state index contributed by atoms with van der Waals surface area (Å²) in [6.07, 6.45) is 1.66. The van der Waals surface area contributed by atoms with Crippen molar-refractivity contribution < 1.29 is 14.7 Å². The SMILES string of the molecule is CCN(CCC(=O)O)C(=O)NCc1cnn(C)c1C. The fourth-order valence-corrected chi connectivity index (χ4v) is 1.63. The van der Waals surface area contributed by atoms with Crippen LogP contribution in [0.2, 0.25) is 0 Å². The zero-order valence-corrected chi connectivity index (χ0v) is 11.5. The zero-order valence-electron chi connectivity index (χ0n) is 11.5. The lowest BCUT2D eigenvalue weighted by Crippen LogP contribution is -2.40. The summed E-state index contributed by atoms with van der Waals surface area (Å²) in [7, 11) is 1.84. The summed E-state index contributed by atoms with van der Waals surface area (Å²) >= 11 is 0. The van der Waals surface area contributed by atoms with Crippen molar-refractivity contribution in [2.45, 2.75) is 26.8 Å². The Morgan fingerprint density at radius 3 is 2.68 bits per heavy atom. The normalized spacial score (nSPS) is 10.3. The molecule has 1 aromatic rings. The van der Waals surface area contributed by atoms with Crippen molar-refractivity contribution >= 4 is 12.0 Å². The van der Waals surface area contributed by atoms with Gasteiger partial charge >= 0.3 is 12.0 Å². The molecule has 1 aromatic heterocycles. The first-order valence-electron chi connectivity index (χ1n) is 6.17. The number of carbonyl (C=O) groups is 2. The Labute approximate surface area is 112 Å². The van der Waals surface area contributed by atoms with Gasteiger partial charge in [0, 0.05) is 37.9 Å². The average molecular weight is 268 g/mol. The highest BCUT2D eigenvalue weighted by Gasteiger charge is 2.13. The highest BCUT2D eigenvalue weighted by Crippen LogP contribution is 2.05. The van der Waals surface area contributed by atoms with Crippen LogP contribution in [0.3, 0.4) is 0 Å². The van der Waals surface area contributed by atoms with E-state index in [1.54, 1.807) is 10.9 Å². The lowest BCUT2D eigenvalue weighted by atomic mass is 10.2. The maximum atomic E-state index is 11.9. The summed E-state index contributed by atoms with van der Waals surface area (Å²) in [5.41, 5.74) is 1.94. The predicted octanol–water partition coefficient (Wildman–Crippen LogP) is 0.735. The second-order valence-electron chi connectivity index (χ2n) is 4.26. The number of urea groups is 1. The molecule has 1 rings (SSSR count). The Hall–Kier alpha value is -2.05. The molecule has 1 heterocycles. The van der Waals surface area contributed by atoms with E-state index in [9.17, 15) is 9.59 Å². The highest BCUT2D eigenvalue weighted by atomic mass is 16.4. The maximum Gasteiger partial charge on any atom is 0.317 e. The predicted molar refractivity (Wildman–Crippen MR) is 69.7 cm³/mol. The minimum Gasteiger partial charge on any atom is -0.481 e. The number of hydrogen-bond donors (Lipinski definition) is 2. The van der Waals surface area contributed by atoms with E-state index in [1.165, 1.54) is 4.90 Å². The first-order chi connectivity index (χ1) is 8.95. The summed E-state index contributed by atoms with van der Waals surface area (Å²) in [4.78, 5) is 23.8. The maximum absolute atomic E-state index is 11.9. The Morgan fingerprint density at radius 2 is 2.21 bits per heavy atom. The van der Waals surface area contributed by atoms with Crippen molar-refractivity contribution in [2.24, 2.45) is 7.05 Å². The lowest BCUT2D eigenvalue weighted by molar-refractivity contribution is -0.137. The van der Waals surface area contributed by atoms with Gasteiger partial charge in [-0.25, -0.2) is 4.79 Å². The van der Waals surface area contributed by atoms with Crippen molar-refractivity contribution in [3.8, 4) is 0 Å². The number of nitrogens with one attached hydrogen (secondary N) is 1. The Bertz CT molecular complexity index is 456. The van der Waals surface area contributed by atoms with E-state index in [2.05, 4.69) is 10.4 Å². The summed E-state index contributed by atoms with van der Waals surface area (Å²) < 4.78 is 1.74. The van der Waals surface area contributed by atoms with Gasteiger partial charge in [-0.2, -0.15) is 5.10 Å². The van der Waals surface area contributed by atoms with E-state index in [4.69, 9.17) is 5.11 Å². The van der Waals surface area contributed by atoms with Crippen LogP contribution < -0.4 is 5.32 Å². The van der Waals surface area contributed by atoms with Gasteiger partial charge in [-0.05, 0) is 13.8 Å². The topological polar surface area (TPSA) is 87.5 Å². The van der Waals surface area contributed by atoms with Gasteiger partial charge in [0.25, 0.3) is 0 Å². The Kier molecular flexibility index (Phi) is 5.35. The van der Waals surface area contributed by atoms with Crippen molar-refractivity contribution in [1.29, 1.82) is 0 Å². The van der Waals surface area contributed by atoms with Crippen LogP contribution in [-0.2, 0) is 18.4 Å². The average Bonchev–Trinajstić information content (AvgIpc) is 2.68. The molecule has 0 saturated carbocycles. The molecule has 0 fully saturated rings. The molecule has 0 aliphatic heterocycles. The monoisotopic (exact) mass is 268 g/mol. The first kappa shape index (κ1) is 15.0. The summed E-state index contributed by atoms with van der Waals surface area (Å²) in [5, 5.41) is 15.5. The Balaban J connectivity index is 2.49. The summed E-state index contributed by atoms with van der Waals surface area (Å²) in [6.45, 7) is 4.82. The number of aliphatic carboxylic acids is 1. The van der Waals surface area contributed by atoms with E-state index in [0.717, 1.165) is 11.3 Å². The van der Waals surface area contributed by atoms with Crippen LogP contribution in [0.25, 0.3) is 0 Å². The van der Waals surface area contributed by atoms with Gasteiger partial charge in [0.2, 0.25) is 0 Å². The fraction of sp³-hybridized carbons (Fsp3) is 0.583. The summed E-state index contributed by atoms with van der Waals surface area (Å²) in [5.74, 6) is -0.908. The standard InChI is InChI=1S/C12H20N4O3/c1-4-16(6-5-11(17)18)12(19)13-7-10-8-14-15(3)9(10)2/h8H,4-7H2,1-3H3,(H,13,19)(H,17,18). The molecule has 106 valence electrons. The number of rotatable bonds is 6. The molecule has 0 bridgehead atoms.